The molecule has 3 aromatic rings. The average molecular weight is 408 g/mol. The van der Waals surface area contributed by atoms with Crippen molar-refractivity contribution in [2.75, 3.05) is 0 Å². The monoisotopic (exact) mass is 407 g/mol. The molecule has 0 radical (unpaired) electrons. The molecule has 1 aromatic carbocycles. The van der Waals surface area contributed by atoms with E-state index in [0.717, 1.165) is 17.0 Å². The number of allylic oxidation sites excluding steroid dienone is 1. The van der Waals surface area contributed by atoms with Crippen LogP contribution in [0.2, 0.25) is 0 Å². The summed E-state index contributed by atoms with van der Waals surface area (Å²) in [5, 5.41) is 11.2. The van der Waals surface area contributed by atoms with Crippen LogP contribution < -0.4 is 0 Å². The Morgan fingerprint density at radius 3 is 2.54 bits per heavy atom. The highest BCUT2D eigenvalue weighted by molar-refractivity contribution is 8.19. The van der Waals surface area contributed by atoms with Gasteiger partial charge in [-0.1, -0.05) is 30.0 Å². The van der Waals surface area contributed by atoms with Gasteiger partial charge in [0.1, 0.15) is 10.9 Å². The predicted molar refractivity (Wildman–Crippen MR) is 118 cm³/mol. The molecule has 0 amide bonds. The van der Waals surface area contributed by atoms with Gasteiger partial charge in [-0.15, -0.1) is 11.3 Å². The van der Waals surface area contributed by atoms with E-state index in [1.165, 1.54) is 39.9 Å². The van der Waals surface area contributed by atoms with Crippen LogP contribution in [0.1, 0.15) is 39.0 Å². The number of aromatic nitrogens is 2. The quantitative estimate of drug-likeness (QED) is 0.576. The third-order valence-electron chi connectivity index (χ3n) is 5.11. The minimum atomic E-state index is -0.543. The van der Waals surface area contributed by atoms with Gasteiger partial charge in [0.05, 0.1) is 15.6 Å². The highest BCUT2D eigenvalue weighted by atomic mass is 32.2. The number of nitrogens with zero attached hydrogens (tertiary/aromatic N) is 2. The molecule has 0 aliphatic carbocycles. The van der Waals surface area contributed by atoms with Gasteiger partial charge in [-0.3, -0.25) is 10.2 Å². The maximum atomic E-state index is 12.9. The highest BCUT2D eigenvalue weighted by Gasteiger charge is 2.38. The second-order valence-corrected chi connectivity index (χ2v) is 9.05. The van der Waals surface area contributed by atoms with Crippen molar-refractivity contribution in [3.8, 4) is 5.69 Å². The van der Waals surface area contributed by atoms with Crippen molar-refractivity contribution in [2.45, 2.75) is 33.6 Å². The van der Waals surface area contributed by atoms with E-state index in [2.05, 4.69) is 61.5 Å². The summed E-state index contributed by atoms with van der Waals surface area (Å²) in [6, 6.07) is 8.43. The van der Waals surface area contributed by atoms with Crippen LogP contribution in [0.4, 0.5) is 0 Å². The fourth-order valence-electron chi connectivity index (χ4n) is 3.77. The number of thiazole rings is 1. The van der Waals surface area contributed by atoms with Crippen molar-refractivity contribution >= 4 is 40.0 Å². The van der Waals surface area contributed by atoms with Crippen molar-refractivity contribution in [1.29, 1.82) is 5.41 Å². The zero-order valence-corrected chi connectivity index (χ0v) is 17.9. The SMILES string of the molecule is Cc1cccc(C)c1-n1c(C)cc(/C=C2\SC(=N)[C@@H](c3nccs3)C2=O)c1C. The maximum Gasteiger partial charge on any atom is 0.186 e. The summed E-state index contributed by atoms with van der Waals surface area (Å²) in [5.74, 6) is -0.569. The number of Topliss-reactive ketones (excluding diaryl/α,β-unsaturated/α-hetero) is 1. The molecule has 1 saturated heterocycles. The Morgan fingerprint density at radius 2 is 1.89 bits per heavy atom. The molecule has 0 spiro atoms. The van der Waals surface area contributed by atoms with Crippen molar-refractivity contribution < 1.29 is 4.79 Å². The molecule has 3 heterocycles. The van der Waals surface area contributed by atoms with Gasteiger partial charge >= 0.3 is 0 Å². The highest BCUT2D eigenvalue weighted by Crippen LogP contribution is 2.41. The first-order valence-electron chi connectivity index (χ1n) is 9.05. The lowest BCUT2D eigenvalue weighted by Gasteiger charge is -2.15. The van der Waals surface area contributed by atoms with Crippen LogP contribution in [-0.2, 0) is 4.79 Å². The van der Waals surface area contributed by atoms with Gasteiger partial charge in [0.25, 0.3) is 0 Å². The Balaban J connectivity index is 1.76. The lowest BCUT2D eigenvalue weighted by molar-refractivity contribution is -0.114. The van der Waals surface area contributed by atoms with Crippen LogP contribution in [0.3, 0.4) is 0 Å². The van der Waals surface area contributed by atoms with Crippen LogP contribution in [0.15, 0.2) is 40.7 Å². The smallest absolute Gasteiger partial charge is 0.186 e. The molecule has 1 fully saturated rings. The Hall–Kier alpha value is -2.44. The van der Waals surface area contributed by atoms with Gasteiger partial charge in [0.15, 0.2) is 5.78 Å². The second-order valence-electron chi connectivity index (χ2n) is 7.04. The third-order valence-corrected chi connectivity index (χ3v) is 6.94. The van der Waals surface area contributed by atoms with Crippen LogP contribution in [0.5, 0.6) is 0 Å². The first-order chi connectivity index (χ1) is 13.4. The molecule has 1 aliphatic rings. The largest absolute Gasteiger partial charge is 0.317 e. The number of hydrogen-bond acceptors (Lipinski definition) is 5. The summed E-state index contributed by atoms with van der Waals surface area (Å²) in [6.07, 6.45) is 3.62. The molecule has 0 unspecified atom stereocenters. The molecule has 2 aromatic heterocycles. The number of aryl methyl sites for hydroxylation is 3. The molecule has 0 saturated carbocycles. The van der Waals surface area contributed by atoms with E-state index in [4.69, 9.17) is 5.41 Å². The first-order valence-corrected chi connectivity index (χ1v) is 10.7. The van der Waals surface area contributed by atoms with Crippen LogP contribution >= 0.6 is 23.1 Å². The van der Waals surface area contributed by atoms with Gasteiger partial charge in [-0.05, 0) is 56.5 Å². The molecule has 1 aliphatic heterocycles. The normalized spacial score (nSPS) is 18.4. The fraction of sp³-hybridized carbons (Fsp3) is 0.227. The molecule has 1 N–H and O–H groups in total. The zero-order valence-electron chi connectivity index (χ0n) is 16.2. The standard InChI is InChI=1S/C22H21N3OS2/c1-12-6-5-7-13(2)19(12)25-14(3)10-16(15(25)4)11-17-20(26)18(21(23)28-17)22-24-8-9-27-22/h5-11,18,23H,1-4H3/b17-11-,23-21?/t18-/m0/s1. The third kappa shape index (κ3) is 3.06. The van der Waals surface area contributed by atoms with Crippen LogP contribution in [-0.4, -0.2) is 20.4 Å². The number of thioether (sulfide) groups is 1. The molecule has 1 atom stereocenters. The van der Waals surface area contributed by atoms with Gasteiger partial charge in [0, 0.05) is 23.0 Å². The van der Waals surface area contributed by atoms with Gasteiger partial charge in [-0.25, -0.2) is 4.98 Å². The summed E-state index contributed by atoms with van der Waals surface area (Å²) < 4.78 is 2.25. The van der Waals surface area contributed by atoms with E-state index in [9.17, 15) is 4.79 Å². The van der Waals surface area contributed by atoms with E-state index in [1.54, 1.807) is 6.20 Å². The Labute approximate surface area is 172 Å². The Bertz CT molecular complexity index is 1100. The molecular weight excluding hydrogens is 386 g/mol. The minimum Gasteiger partial charge on any atom is -0.317 e. The lowest BCUT2D eigenvalue weighted by atomic mass is 10.1. The molecule has 4 rings (SSSR count). The topological polar surface area (TPSA) is 58.7 Å². The molecule has 142 valence electrons. The first kappa shape index (κ1) is 18.9. The van der Waals surface area contributed by atoms with E-state index < -0.39 is 5.92 Å². The fourth-order valence-corrected chi connectivity index (χ4v) is 5.56. The molecule has 0 bridgehead atoms. The summed E-state index contributed by atoms with van der Waals surface area (Å²) >= 11 is 2.68. The van der Waals surface area contributed by atoms with Gasteiger partial charge in [0.2, 0.25) is 0 Å². The van der Waals surface area contributed by atoms with Crippen molar-refractivity contribution in [2.24, 2.45) is 0 Å². The Morgan fingerprint density at radius 1 is 1.18 bits per heavy atom. The molecule has 4 nitrogen and oxygen atoms in total. The number of hydrogen-bond donors (Lipinski definition) is 1. The van der Waals surface area contributed by atoms with E-state index in [1.807, 2.05) is 11.5 Å². The van der Waals surface area contributed by atoms with Gasteiger partial charge < -0.3 is 4.57 Å². The van der Waals surface area contributed by atoms with Crippen molar-refractivity contribution in [1.82, 2.24) is 9.55 Å². The molecular formula is C22H21N3OS2. The lowest BCUT2D eigenvalue weighted by Crippen LogP contribution is -2.11. The number of benzene rings is 1. The van der Waals surface area contributed by atoms with Gasteiger partial charge in [-0.2, -0.15) is 0 Å². The molecule has 6 heteroatoms. The molecule has 28 heavy (non-hydrogen) atoms. The number of nitrogens with one attached hydrogen (secondary N) is 1. The summed E-state index contributed by atoms with van der Waals surface area (Å²) in [6.45, 7) is 8.41. The Kier molecular flexibility index (Phi) is 4.85. The van der Waals surface area contributed by atoms with Crippen LogP contribution in [0.25, 0.3) is 11.8 Å². The summed E-state index contributed by atoms with van der Waals surface area (Å²) in [4.78, 5) is 17.8. The van der Waals surface area contributed by atoms with E-state index >= 15 is 0 Å². The number of para-hydroxylation sites is 1. The maximum absolute atomic E-state index is 12.9. The summed E-state index contributed by atoms with van der Waals surface area (Å²) in [7, 11) is 0. The second kappa shape index (κ2) is 7.18. The minimum absolute atomic E-state index is 0.0261. The number of rotatable bonds is 3. The number of carbonyl (C=O) groups is 1. The average Bonchev–Trinajstić information content (AvgIpc) is 3.31. The van der Waals surface area contributed by atoms with Crippen molar-refractivity contribution in [3.05, 3.63) is 73.8 Å². The summed E-state index contributed by atoms with van der Waals surface area (Å²) in [5.41, 5.74) is 6.88. The van der Waals surface area contributed by atoms with Crippen LogP contribution in [0, 0.1) is 33.1 Å². The number of carbonyl (C=O) groups excluding carboxylic acids is 1. The predicted octanol–water partition coefficient (Wildman–Crippen LogP) is 5.59. The number of ketones is 1. The van der Waals surface area contributed by atoms with E-state index in [0.29, 0.717) is 15.0 Å². The van der Waals surface area contributed by atoms with E-state index in [-0.39, 0.29) is 5.78 Å². The van der Waals surface area contributed by atoms with Crippen molar-refractivity contribution in [3.63, 3.8) is 0 Å². The zero-order chi connectivity index (χ0) is 20.0.